The van der Waals surface area contributed by atoms with E-state index in [2.05, 4.69) is 16.2 Å². The molecule has 1 aromatic heterocycles. The standard InChI is InChI=1S/C25H29N3O2/c1-17-8-7-9-20(13-17)24-26-23(30-27-24)16-28(22-10-5-4-6-11-22)25(29)21-14-18(2)12-19(3)15-21/h7-9,12-15,22H,4-6,10-11,16H2,1-3H3. The third kappa shape index (κ3) is 4.61. The minimum absolute atomic E-state index is 0.0454. The Balaban J connectivity index is 1.61. The third-order valence-corrected chi connectivity index (χ3v) is 5.79. The van der Waals surface area contributed by atoms with E-state index >= 15 is 0 Å². The van der Waals surface area contributed by atoms with Gasteiger partial charge in [-0.25, -0.2) is 0 Å². The molecule has 0 aliphatic heterocycles. The van der Waals surface area contributed by atoms with Gasteiger partial charge in [0.2, 0.25) is 11.7 Å². The van der Waals surface area contributed by atoms with E-state index in [1.54, 1.807) is 0 Å². The van der Waals surface area contributed by atoms with Crippen LogP contribution in [-0.4, -0.2) is 27.0 Å². The van der Waals surface area contributed by atoms with Crippen molar-refractivity contribution < 1.29 is 9.32 Å². The molecule has 0 N–H and O–H groups in total. The van der Waals surface area contributed by atoms with Crippen molar-refractivity contribution in [3.05, 3.63) is 70.6 Å². The highest BCUT2D eigenvalue weighted by molar-refractivity contribution is 5.94. The number of hydrogen-bond donors (Lipinski definition) is 0. The second kappa shape index (κ2) is 8.82. The summed E-state index contributed by atoms with van der Waals surface area (Å²) in [4.78, 5) is 20.1. The van der Waals surface area contributed by atoms with E-state index in [-0.39, 0.29) is 11.9 Å². The summed E-state index contributed by atoms with van der Waals surface area (Å²) >= 11 is 0. The van der Waals surface area contributed by atoms with Crippen LogP contribution in [0.1, 0.15) is 65.0 Å². The Morgan fingerprint density at radius 1 is 1.00 bits per heavy atom. The Hall–Kier alpha value is -2.95. The first kappa shape index (κ1) is 20.3. The highest BCUT2D eigenvalue weighted by Crippen LogP contribution is 2.27. The molecule has 2 aromatic carbocycles. The van der Waals surface area contributed by atoms with Crippen LogP contribution in [0.15, 0.2) is 47.0 Å². The normalized spacial score (nSPS) is 14.6. The average molecular weight is 404 g/mol. The SMILES string of the molecule is Cc1cc(C)cc(C(=O)N(Cc2nc(-c3cccc(C)c3)no2)C2CCCCC2)c1. The summed E-state index contributed by atoms with van der Waals surface area (Å²) in [5.41, 5.74) is 5.00. The number of carbonyl (C=O) groups excluding carboxylic acids is 1. The van der Waals surface area contributed by atoms with E-state index in [0.717, 1.165) is 53.5 Å². The zero-order chi connectivity index (χ0) is 21.1. The van der Waals surface area contributed by atoms with Crippen LogP contribution in [0.3, 0.4) is 0 Å². The molecule has 1 heterocycles. The minimum Gasteiger partial charge on any atom is -0.337 e. The molecule has 0 saturated heterocycles. The summed E-state index contributed by atoms with van der Waals surface area (Å²) in [6.07, 6.45) is 5.59. The summed E-state index contributed by atoms with van der Waals surface area (Å²) in [6, 6.07) is 14.3. The van der Waals surface area contributed by atoms with Crippen LogP contribution in [0.2, 0.25) is 0 Å². The zero-order valence-electron chi connectivity index (χ0n) is 18.0. The van der Waals surface area contributed by atoms with Gasteiger partial charge in [0.1, 0.15) is 6.54 Å². The largest absolute Gasteiger partial charge is 0.337 e. The third-order valence-electron chi connectivity index (χ3n) is 5.79. The van der Waals surface area contributed by atoms with Crippen LogP contribution in [0.25, 0.3) is 11.4 Å². The Labute approximate surface area is 178 Å². The second-order valence-electron chi connectivity index (χ2n) is 8.48. The molecule has 5 heteroatoms. The van der Waals surface area contributed by atoms with E-state index in [4.69, 9.17) is 4.52 Å². The Kier molecular flexibility index (Phi) is 5.98. The van der Waals surface area contributed by atoms with Gasteiger partial charge in [0.25, 0.3) is 5.91 Å². The molecule has 0 unspecified atom stereocenters. The van der Waals surface area contributed by atoms with Crippen molar-refractivity contribution >= 4 is 5.91 Å². The highest BCUT2D eigenvalue weighted by Gasteiger charge is 2.28. The van der Waals surface area contributed by atoms with Crippen LogP contribution < -0.4 is 0 Å². The smallest absolute Gasteiger partial charge is 0.254 e. The molecular weight excluding hydrogens is 374 g/mol. The topological polar surface area (TPSA) is 59.2 Å². The summed E-state index contributed by atoms with van der Waals surface area (Å²) in [5, 5.41) is 4.16. The first-order chi connectivity index (χ1) is 14.5. The Bertz CT molecular complexity index is 1010. The number of benzene rings is 2. The molecular formula is C25H29N3O2. The summed E-state index contributed by atoms with van der Waals surface area (Å²) in [7, 11) is 0. The van der Waals surface area contributed by atoms with E-state index in [0.29, 0.717) is 18.3 Å². The minimum atomic E-state index is 0.0454. The van der Waals surface area contributed by atoms with Gasteiger partial charge in [-0.1, -0.05) is 65.4 Å². The number of aryl methyl sites for hydroxylation is 3. The molecule has 1 aliphatic carbocycles. The lowest BCUT2D eigenvalue weighted by Gasteiger charge is -2.33. The lowest BCUT2D eigenvalue weighted by atomic mass is 9.93. The van der Waals surface area contributed by atoms with Gasteiger partial charge in [-0.05, 0) is 51.8 Å². The van der Waals surface area contributed by atoms with Gasteiger partial charge >= 0.3 is 0 Å². The van der Waals surface area contributed by atoms with Crippen LogP contribution in [0.4, 0.5) is 0 Å². The van der Waals surface area contributed by atoms with Gasteiger partial charge in [-0.2, -0.15) is 4.98 Å². The number of aromatic nitrogens is 2. The summed E-state index contributed by atoms with van der Waals surface area (Å²) in [6.45, 7) is 6.44. The fraction of sp³-hybridized carbons (Fsp3) is 0.400. The van der Waals surface area contributed by atoms with Crippen molar-refractivity contribution in [3.63, 3.8) is 0 Å². The molecule has 0 radical (unpaired) electrons. The summed E-state index contributed by atoms with van der Waals surface area (Å²) in [5.74, 6) is 1.09. The maximum atomic E-state index is 13.5. The molecule has 1 saturated carbocycles. The monoisotopic (exact) mass is 403 g/mol. The van der Waals surface area contributed by atoms with Crippen molar-refractivity contribution in [1.82, 2.24) is 15.0 Å². The molecule has 1 fully saturated rings. The van der Waals surface area contributed by atoms with Gasteiger partial charge in [0, 0.05) is 17.2 Å². The zero-order valence-corrected chi connectivity index (χ0v) is 18.0. The highest BCUT2D eigenvalue weighted by atomic mass is 16.5. The lowest BCUT2D eigenvalue weighted by molar-refractivity contribution is 0.0586. The van der Waals surface area contributed by atoms with Gasteiger partial charge in [0.05, 0.1) is 0 Å². The Morgan fingerprint density at radius 2 is 1.73 bits per heavy atom. The van der Waals surface area contributed by atoms with Crippen molar-refractivity contribution in [2.75, 3.05) is 0 Å². The van der Waals surface area contributed by atoms with Gasteiger partial charge in [0.15, 0.2) is 0 Å². The molecule has 0 spiro atoms. The number of nitrogens with zero attached hydrogens (tertiary/aromatic N) is 3. The van der Waals surface area contributed by atoms with Crippen LogP contribution >= 0.6 is 0 Å². The molecule has 4 rings (SSSR count). The van der Waals surface area contributed by atoms with E-state index < -0.39 is 0 Å². The molecule has 0 atom stereocenters. The first-order valence-corrected chi connectivity index (χ1v) is 10.8. The summed E-state index contributed by atoms with van der Waals surface area (Å²) < 4.78 is 5.56. The average Bonchev–Trinajstić information content (AvgIpc) is 3.20. The molecule has 156 valence electrons. The predicted octanol–water partition coefficient (Wildman–Crippen LogP) is 5.64. The van der Waals surface area contributed by atoms with Crippen LogP contribution in [0, 0.1) is 20.8 Å². The van der Waals surface area contributed by atoms with Crippen molar-refractivity contribution in [2.24, 2.45) is 0 Å². The van der Waals surface area contributed by atoms with E-state index in [1.165, 1.54) is 6.42 Å². The van der Waals surface area contributed by atoms with E-state index in [1.807, 2.05) is 62.1 Å². The second-order valence-corrected chi connectivity index (χ2v) is 8.48. The molecule has 5 nitrogen and oxygen atoms in total. The first-order valence-electron chi connectivity index (χ1n) is 10.8. The fourth-order valence-corrected chi connectivity index (χ4v) is 4.39. The number of rotatable bonds is 5. The van der Waals surface area contributed by atoms with E-state index in [9.17, 15) is 4.79 Å². The number of hydrogen-bond acceptors (Lipinski definition) is 4. The van der Waals surface area contributed by atoms with Crippen molar-refractivity contribution in [2.45, 2.75) is 65.5 Å². The predicted molar refractivity (Wildman–Crippen MR) is 117 cm³/mol. The van der Waals surface area contributed by atoms with Gasteiger partial charge < -0.3 is 9.42 Å². The molecule has 0 bridgehead atoms. The maximum absolute atomic E-state index is 13.5. The van der Waals surface area contributed by atoms with Crippen LogP contribution in [0.5, 0.6) is 0 Å². The van der Waals surface area contributed by atoms with Crippen molar-refractivity contribution in [1.29, 1.82) is 0 Å². The Morgan fingerprint density at radius 3 is 2.43 bits per heavy atom. The van der Waals surface area contributed by atoms with Gasteiger partial charge in [-0.15, -0.1) is 0 Å². The van der Waals surface area contributed by atoms with Crippen molar-refractivity contribution in [3.8, 4) is 11.4 Å². The number of carbonyl (C=O) groups is 1. The maximum Gasteiger partial charge on any atom is 0.254 e. The fourth-order valence-electron chi connectivity index (χ4n) is 4.39. The molecule has 1 aliphatic rings. The molecule has 30 heavy (non-hydrogen) atoms. The molecule has 1 amide bonds. The number of amides is 1. The quantitative estimate of drug-likeness (QED) is 0.553. The van der Waals surface area contributed by atoms with Gasteiger partial charge in [-0.3, -0.25) is 4.79 Å². The van der Waals surface area contributed by atoms with Crippen LogP contribution in [-0.2, 0) is 6.54 Å². The molecule has 3 aromatic rings. The lowest BCUT2D eigenvalue weighted by Crippen LogP contribution is -2.41.